The Morgan fingerprint density at radius 1 is 1.32 bits per heavy atom. The number of fused-ring (bicyclic) bond motifs is 1. The summed E-state index contributed by atoms with van der Waals surface area (Å²) in [6, 6.07) is 9.47. The van der Waals surface area contributed by atoms with E-state index in [1.54, 1.807) is 6.20 Å². The molecular formula is C15H15NO3. The first-order valence-electron chi connectivity index (χ1n) is 6.38. The molecule has 2 aromatic rings. The van der Waals surface area contributed by atoms with Gasteiger partial charge in [-0.25, -0.2) is 4.79 Å². The number of nitrogens with zero attached hydrogens (tertiary/aromatic N) is 1. The molecule has 1 heterocycles. The van der Waals surface area contributed by atoms with Crippen molar-refractivity contribution in [2.24, 2.45) is 5.92 Å². The molecule has 1 aliphatic carbocycles. The molecule has 0 saturated heterocycles. The molecule has 1 aliphatic rings. The maximum Gasteiger partial charge on any atom is 0.347 e. The van der Waals surface area contributed by atoms with Crippen LogP contribution in [0, 0.1) is 5.92 Å². The zero-order chi connectivity index (χ0) is 13.2. The number of rotatable bonds is 4. The summed E-state index contributed by atoms with van der Waals surface area (Å²) in [7, 11) is 1.39. The number of ether oxygens (including phenoxy) is 2. The second-order valence-electron chi connectivity index (χ2n) is 4.73. The zero-order valence-electron chi connectivity index (χ0n) is 10.7. The van der Waals surface area contributed by atoms with E-state index in [2.05, 4.69) is 4.98 Å². The van der Waals surface area contributed by atoms with Gasteiger partial charge in [0.15, 0.2) is 6.10 Å². The van der Waals surface area contributed by atoms with Crippen LogP contribution in [-0.2, 0) is 9.53 Å². The van der Waals surface area contributed by atoms with E-state index in [9.17, 15) is 4.79 Å². The van der Waals surface area contributed by atoms with Gasteiger partial charge in [0.05, 0.1) is 12.6 Å². The highest BCUT2D eigenvalue weighted by Gasteiger charge is 2.39. The number of carbonyl (C=O) groups excluding carboxylic acids is 1. The fraction of sp³-hybridized carbons (Fsp3) is 0.333. The molecule has 0 amide bonds. The van der Waals surface area contributed by atoms with Gasteiger partial charge >= 0.3 is 5.97 Å². The van der Waals surface area contributed by atoms with Crippen LogP contribution in [0.15, 0.2) is 36.5 Å². The third kappa shape index (κ3) is 2.38. The van der Waals surface area contributed by atoms with E-state index in [-0.39, 0.29) is 11.9 Å². The molecule has 1 atom stereocenters. The van der Waals surface area contributed by atoms with Crippen molar-refractivity contribution in [3.63, 3.8) is 0 Å². The predicted octanol–water partition coefficient (Wildman–Crippen LogP) is 2.57. The molecule has 4 nitrogen and oxygen atoms in total. The smallest absolute Gasteiger partial charge is 0.347 e. The Morgan fingerprint density at radius 3 is 2.89 bits per heavy atom. The van der Waals surface area contributed by atoms with Crippen molar-refractivity contribution >= 4 is 16.9 Å². The van der Waals surface area contributed by atoms with Crippen LogP contribution < -0.4 is 4.74 Å². The summed E-state index contributed by atoms with van der Waals surface area (Å²) < 4.78 is 10.7. The van der Waals surface area contributed by atoms with Crippen molar-refractivity contribution < 1.29 is 14.3 Å². The van der Waals surface area contributed by atoms with Crippen molar-refractivity contribution in [3.05, 3.63) is 36.5 Å². The fourth-order valence-corrected chi connectivity index (χ4v) is 2.17. The lowest BCUT2D eigenvalue weighted by Gasteiger charge is -2.17. The van der Waals surface area contributed by atoms with Gasteiger partial charge in [0.1, 0.15) is 5.75 Å². The molecule has 19 heavy (non-hydrogen) atoms. The van der Waals surface area contributed by atoms with Gasteiger partial charge in [-0.05, 0) is 37.1 Å². The Morgan fingerprint density at radius 2 is 2.16 bits per heavy atom. The second kappa shape index (κ2) is 4.88. The van der Waals surface area contributed by atoms with E-state index in [0.29, 0.717) is 5.75 Å². The van der Waals surface area contributed by atoms with E-state index >= 15 is 0 Å². The largest absolute Gasteiger partial charge is 0.478 e. The summed E-state index contributed by atoms with van der Waals surface area (Å²) in [5, 5.41) is 0.916. The van der Waals surface area contributed by atoms with Crippen molar-refractivity contribution in [2.45, 2.75) is 18.9 Å². The topological polar surface area (TPSA) is 48.4 Å². The summed E-state index contributed by atoms with van der Waals surface area (Å²) in [4.78, 5) is 16.0. The number of methoxy groups -OCH3 is 1. The first kappa shape index (κ1) is 12.0. The molecule has 0 N–H and O–H groups in total. The Labute approximate surface area is 111 Å². The van der Waals surface area contributed by atoms with Crippen LogP contribution in [0.25, 0.3) is 10.9 Å². The van der Waals surface area contributed by atoms with Crippen molar-refractivity contribution in [3.8, 4) is 5.75 Å². The van der Waals surface area contributed by atoms with Crippen LogP contribution in [-0.4, -0.2) is 24.2 Å². The first-order valence-corrected chi connectivity index (χ1v) is 6.38. The van der Waals surface area contributed by atoms with Crippen molar-refractivity contribution in [1.82, 2.24) is 4.98 Å². The standard InChI is InChI=1S/C15H15NO3/c1-18-15(17)14(10-7-8-10)19-13-6-2-5-12-11(13)4-3-9-16-12/h2-6,9-10,14H,7-8H2,1H3. The third-order valence-corrected chi connectivity index (χ3v) is 3.34. The van der Waals surface area contributed by atoms with E-state index in [1.165, 1.54) is 7.11 Å². The molecule has 4 heteroatoms. The number of carbonyl (C=O) groups is 1. The highest BCUT2D eigenvalue weighted by atomic mass is 16.6. The van der Waals surface area contributed by atoms with Gasteiger partial charge < -0.3 is 9.47 Å². The molecule has 1 fully saturated rings. The number of esters is 1. The van der Waals surface area contributed by atoms with Crippen LogP contribution in [0.5, 0.6) is 5.75 Å². The fourth-order valence-electron chi connectivity index (χ4n) is 2.17. The molecule has 1 unspecified atom stereocenters. The lowest BCUT2D eigenvalue weighted by molar-refractivity contribution is -0.149. The minimum atomic E-state index is -0.504. The Balaban J connectivity index is 1.93. The average molecular weight is 257 g/mol. The van der Waals surface area contributed by atoms with E-state index < -0.39 is 6.10 Å². The van der Waals surface area contributed by atoms with E-state index in [0.717, 1.165) is 23.7 Å². The average Bonchev–Trinajstić information content (AvgIpc) is 3.28. The first-order chi connectivity index (χ1) is 9.29. The lowest BCUT2D eigenvalue weighted by atomic mass is 10.2. The SMILES string of the molecule is COC(=O)C(Oc1cccc2ncccc12)C1CC1. The van der Waals surface area contributed by atoms with Crippen LogP contribution in [0.1, 0.15) is 12.8 Å². The van der Waals surface area contributed by atoms with Gasteiger partial charge in [0.2, 0.25) is 0 Å². The number of hydrogen-bond acceptors (Lipinski definition) is 4. The van der Waals surface area contributed by atoms with Gasteiger partial charge in [0.25, 0.3) is 0 Å². The van der Waals surface area contributed by atoms with Gasteiger partial charge in [-0.1, -0.05) is 6.07 Å². The zero-order valence-corrected chi connectivity index (χ0v) is 10.7. The summed E-state index contributed by atoms with van der Waals surface area (Å²) in [5.74, 6) is 0.663. The number of benzene rings is 1. The molecule has 3 rings (SSSR count). The molecule has 1 saturated carbocycles. The molecule has 0 bridgehead atoms. The maximum atomic E-state index is 11.8. The normalized spacial score (nSPS) is 16.1. The van der Waals surface area contributed by atoms with Gasteiger partial charge in [-0.15, -0.1) is 0 Å². The number of pyridine rings is 1. The third-order valence-electron chi connectivity index (χ3n) is 3.34. The van der Waals surface area contributed by atoms with Gasteiger partial charge in [-0.3, -0.25) is 4.98 Å². The lowest BCUT2D eigenvalue weighted by Crippen LogP contribution is -2.30. The second-order valence-corrected chi connectivity index (χ2v) is 4.73. The Bertz CT molecular complexity index is 602. The number of hydrogen-bond donors (Lipinski definition) is 0. The molecule has 1 aromatic heterocycles. The molecule has 0 radical (unpaired) electrons. The summed E-state index contributed by atoms with van der Waals surface area (Å²) in [5.41, 5.74) is 0.861. The maximum absolute atomic E-state index is 11.8. The minimum absolute atomic E-state index is 0.277. The van der Waals surface area contributed by atoms with Crippen LogP contribution in [0.2, 0.25) is 0 Å². The summed E-state index contributed by atoms with van der Waals surface area (Å²) in [6.45, 7) is 0. The summed E-state index contributed by atoms with van der Waals surface area (Å²) in [6.07, 6.45) is 3.27. The molecule has 1 aromatic carbocycles. The quantitative estimate of drug-likeness (QED) is 0.790. The van der Waals surface area contributed by atoms with Gasteiger partial charge in [-0.2, -0.15) is 0 Å². The highest BCUT2D eigenvalue weighted by molar-refractivity contribution is 5.85. The Hall–Kier alpha value is -2.10. The number of aromatic nitrogens is 1. The monoisotopic (exact) mass is 257 g/mol. The molecular weight excluding hydrogens is 242 g/mol. The van der Waals surface area contributed by atoms with Crippen molar-refractivity contribution in [2.75, 3.05) is 7.11 Å². The van der Waals surface area contributed by atoms with Crippen LogP contribution >= 0.6 is 0 Å². The Kier molecular flexibility index (Phi) is 3.07. The van der Waals surface area contributed by atoms with Crippen LogP contribution in [0.4, 0.5) is 0 Å². The van der Waals surface area contributed by atoms with Crippen molar-refractivity contribution in [1.29, 1.82) is 0 Å². The molecule has 98 valence electrons. The van der Waals surface area contributed by atoms with Gasteiger partial charge in [0, 0.05) is 17.5 Å². The summed E-state index contributed by atoms with van der Waals surface area (Å²) >= 11 is 0. The highest BCUT2D eigenvalue weighted by Crippen LogP contribution is 2.36. The predicted molar refractivity (Wildman–Crippen MR) is 70.9 cm³/mol. The van der Waals surface area contributed by atoms with E-state index in [1.807, 2.05) is 30.3 Å². The molecule has 0 spiro atoms. The van der Waals surface area contributed by atoms with Crippen LogP contribution in [0.3, 0.4) is 0 Å². The van der Waals surface area contributed by atoms with E-state index in [4.69, 9.17) is 9.47 Å². The minimum Gasteiger partial charge on any atom is -0.478 e. The molecule has 0 aliphatic heterocycles.